The van der Waals surface area contributed by atoms with Crippen molar-refractivity contribution in [2.45, 2.75) is 25.2 Å². The van der Waals surface area contributed by atoms with Gasteiger partial charge in [-0.3, -0.25) is 9.69 Å². The van der Waals surface area contributed by atoms with Gasteiger partial charge >= 0.3 is 12.2 Å². The minimum atomic E-state index is -5.03. The van der Waals surface area contributed by atoms with E-state index in [1.807, 2.05) is 10.7 Å². The smallest absolute Gasteiger partial charge is 0.425 e. The van der Waals surface area contributed by atoms with E-state index < -0.39 is 30.2 Å². The Labute approximate surface area is 167 Å². The molecule has 10 heteroatoms. The molecular formula is C19H14F3N3O3S. The van der Waals surface area contributed by atoms with Crippen LogP contribution in [0.15, 0.2) is 52.3 Å². The predicted octanol–water partition coefficient (Wildman–Crippen LogP) is 4.22. The number of halogens is 3. The van der Waals surface area contributed by atoms with E-state index in [2.05, 4.69) is 4.98 Å². The highest BCUT2D eigenvalue weighted by Crippen LogP contribution is 2.43. The lowest BCUT2D eigenvalue weighted by Gasteiger charge is -2.29. The van der Waals surface area contributed by atoms with Crippen molar-refractivity contribution in [1.82, 2.24) is 15.2 Å². The molecule has 0 aliphatic carbocycles. The van der Waals surface area contributed by atoms with Gasteiger partial charge in [-0.05, 0) is 23.9 Å². The van der Waals surface area contributed by atoms with Crippen molar-refractivity contribution in [1.29, 1.82) is 0 Å². The number of hydrogen-bond donors (Lipinski definition) is 1. The third-order valence-electron chi connectivity index (χ3n) is 4.67. The van der Waals surface area contributed by atoms with Crippen molar-refractivity contribution in [3.05, 3.63) is 64.9 Å². The Morgan fingerprint density at radius 1 is 1.17 bits per heavy atom. The molecule has 0 radical (unpaired) electrons. The minimum absolute atomic E-state index is 0.211. The van der Waals surface area contributed by atoms with Crippen LogP contribution in [-0.2, 0) is 16.9 Å². The number of amides is 3. The summed E-state index contributed by atoms with van der Waals surface area (Å²) in [5.74, 6) is -0.802. The molecule has 1 unspecified atom stereocenters. The largest absolute Gasteiger partial charge is 0.440 e. The van der Waals surface area contributed by atoms with Gasteiger partial charge in [-0.2, -0.15) is 13.2 Å². The number of carbonyl (C=O) groups excluding carboxylic acids is 2. The lowest BCUT2D eigenvalue weighted by molar-refractivity contribution is -0.198. The molecule has 6 nitrogen and oxygen atoms in total. The number of rotatable bonds is 4. The Hall–Kier alpha value is -3.14. The number of alkyl halides is 3. The van der Waals surface area contributed by atoms with Gasteiger partial charge in [-0.15, -0.1) is 11.3 Å². The lowest BCUT2D eigenvalue weighted by Crippen LogP contribution is -2.55. The van der Waals surface area contributed by atoms with Crippen LogP contribution in [0.5, 0.6) is 0 Å². The highest BCUT2D eigenvalue weighted by molar-refractivity contribution is 7.13. The van der Waals surface area contributed by atoms with Crippen LogP contribution in [0.4, 0.5) is 18.0 Å². The van der Waals surface area contributed by atoms with Gasteiger partial charge in [0.15, 0.2) is 0 Å². The molecule has 1 saturated heterocycles. The molecule has 29 heavy (non-hydrogen) atoms. The Kier molecular flexibility index (Phi) is 4.45. The number of nitrogens with one attached hydrogen (secondary N) is 1. The number of benzene rings is 1. The highest BCUT2D eigenvalue weighted by atomic mass is 32.1. The maximum atomic E-state index is 14.0. The van der Waals surface area contributed by atoms with Crippen molar-refractivity contribution < 1.29 is 27.2 Å². The first-order valence-electron chi connectivity index (χ1n) is 8.50. The second kappa shape index (κ2) is 6.73. The minimum Gasteiger partial charge on any atom is -0.440 e. The molecule has 1 N–H and O–H groups in total. The van der Waals surface area contributed by atoms with E-state index in [9.17, 15) is 22.8 Å². The molecule has 2 aromatic heterocycles. The normalized spacial score (nSPS) is 19.7. The molecule has 0 saturated carbocycles. The van der Waals surface area contributed by atoms with E-state index in [1.54, 1.807) is 19.1 Å². The summed E-state index contributed by atoms with van der Waals surface area (Å²) in [6.07, 6.45) is -5.03. The zero-order valence-corrected chi connectivity index (χ0v) is 15.8. The summed E-state index contributed by atoms with van der Waals surface area (Å²) in [6, 6.07) is 9.02. The second-order valence-corrected chi connectivity index (χ2v) is 7.38. The van der Waals surface area contributed by atoms with E-state index in [0.29, 0.717) is 10.7 Å². The third kappa shape index (κ3) is 3.00. The summed E-state index contributed by atoms with van der Waals surface area (Å²) in [6.45, 7) is 1.14. The first kappa shape index (κ1) is 19.2. The number of oxazole rings is 1. The van der Waals surface area contributed by atoms with E-state index in [-0.39, 0.29) is 17.1 Å². The average Bonchev–Trinajstić information content (AvgIpc) is 3.38. The summed E-state index contributed by atoms with van der Waals surface area (Å²) in [5, 5.41) is 3.68. The van der Waals surface area contributed by atoms with E-state index in [1.165, 1.54) is 29.5 Å². The van der Waals surface area contributed by atoms with Gasteiger partial charge in [-0.1, -0.05) is 36.4 Å². The van der Waals surface area contributed by atoms with Crippen LogP contribution in [0.2, 0.25) is 0 Å². The molecule has 1 aliphatic rings. The van der Waals surface area contributed by atoms with Gasteiger partial charge in [-0.25, -0.2) is 9.78 Å². The maximum absolute atomic E-state index is 14.0. The quantitative estimate of drug-likeness (QED) is 0.640. The average molecular weight is 421 g/mol. The molecule has 3 amide bonds. The Bertz CT molecular complexity index is 1060. The second-order valence-electron chi connectivity index (χ2n) is 6.43. The number of urea groups is 1. The van der Waals surface area contributed by atoms with Crippen LogP contribution in [0, 0.1) is 6.92 Å². The molecule has 0 bridgehead atoms. The van der Waals surface area contributed by atoms with Crippen LogP contribution in [0.3, 0.4) is 0 Å². The highest BCUT2D eigenvalue weighted by Gasteiger charge is 2.68. The van der Waals surface area contributed by atoms with Crippen LogP contribution < -0.4 is 5.32 Å². The Balaban J connectivity index is 1.70. The van der Waals surface area contributed by atoms with Gasteiger partial charge in [0.2, 0.25) is 11.4 Å². The van der Waals surface area contributed by atoms with Crippen molar-refractivity contribution >= 4 is 23.3 Å². The van der Waals surface area contributed by atoms with E-state index in [0.717, 1.165) is 17.0 Å². The van der Waals surface area contributed by atoms with Gasteiger partial charge in [0.25, 0.3) is 5.91 Å². The third-order valence-corrected chi connectivity index (χ3v) is 5.53. The van der Waals surface area contributed by atoms with Crippen molar-refractivity contribution in [3.63, 3.8) is 0 Å². The fourth-order valence-electron chi connectivity index (χ4n) is 3.19. The molecule has 0 spiro atoms. The lowest BCUT2D eigenvalue weighted by atomic mass is 9.89. The van der Waals surface area contributed by atoms with Crippen LogP contribution in [0.25, 0.3) is 10.8 Å². The van der Waals surface area contributed by atoms with Gasteiger partial charge < -0.3 is 9.73 Å². The molecule has 4 rings (SSSR count). The molecule has 1 aromatic carbocycles. The molecule has 1 aliphatic heterocycles. The number of nitrogens with zero attached hydrogens (tertiary/aromatic N) is 2. The van der Waals surface area contributed by atoms with E-state index in [4.69, 9.17) is 4.42 Å². The van der Waals surface area contributed by atoms with Crippen LogP contribution in [-0.4, -0.2) is 28.0 Å². The SMILES string of the molecule is Cc1oc(-c2cccs2)nc1CN1C(=O)NC(c2ccccc2)(C(F)(F)F)C1=O. The molecule has 3 heterocycles. The number of aryl methyl sites for hydroxylation is 1. The number of aromatic nitrogens is 1. The number of imide groups is 1. The summed E-state index contributed by atoms with van der Waals surface area (Å²) in [4.78, 5) is 30.8. The number of carbonyl (C=O) groups is 2. The van der Waals surface area contributed by atoms with Crippen LogP contribution in [0.1, 0.15) is 17.0 Å². The van der Waals surface area contributed by atoms with Gasteiger partial charge in [0, 0.05) is 0 Å². The first-order chi connectivity index (χ1) is 13.7. The number of hydrogen-bond acceptors (Lipinski definition) is 5. The zero-order chi connectivity index (χ0) is 20.8. The van der Waals surface area contributed by atoms with Crippen molar-refractivity contribution in [2.24, 2.45) is 0 Å². The monoisotopic (exact) mass is 421 g/mol. The summed E-state index contributed by atoms with van der Waals surface area (Å²) in [5.41, 5.74) is -3.29. The Morgan fingerprint density at radius 3 is 2.52 bits per heavy atom. The molecular weight excluding hydrogens is 407 g/mol. The fourth-order valence-corrected chi connectivity index (χ4v) is 3.84. The van der Waals surface area contributed by atoms with Crippen molar-refractivity contribution in [3.8, 4) is 10.8 Å². The fraction of sp³-hybridized carbons (Fsp3) is 0.211. The van der Waals surface area contributed by atoms with Crippen molar-refractivity contribution in [2.75, 3.05) is 0 Å². The summed E-state index contributed by atoms with van der Waals surface area (Å²) < 4.78 is 47.6. The zero-order valence-electron chi connectivity index (χ0n) is 15.0. The number of thiophene rings is 1. The molecule has 150 valence electrons. The van der Waals surface area contributed by atoms with Crippen LogP contribution >= 0.6 is 11.3 Å². The first-order valence-corrected chi connectivity index (χ1v) is 9.38. The standard InChI is InChI=1S/C19H14F3N3O3S/c1-11-13(23-15(28-11)14-8-5-9-29-14)10-25-16(26)18(19(20,21)22,24-17(25)27)12-6-3-2-4-7-12/h2-9H,10H2,1H3,(H,24,27). The molecule has 1 atom stereocenters. The summed E-state index contributed by atoms with van der Waals surface area (Å²) in [7, 11) is 0. The topological polar surface area (TPSA) is 75.4 Å². The maximum Gasteiger partial charge on any atom is 0.425 e. The molecule has 3 aromatic rings. The van der Waals surface area contributed by atoms with E-state index >= 15 is 0 Å². The molecule has 1 fully saturated rings. The van der Waals surface area contributed by atoms with Gasteiger partial charge in [0.1, 0.15) is 11.5 Å². The Morgan fingerprint density at radius 2 is 1.90 bits per heavy atom. The summed E-state index contributed by atoms with van der Waals surface area (Å²) >= 11 is 1.38. The predicted molar refractivity (Wildman–Crippen MR) is 97.8 cm³/mol. The van der Waals surface area contributed by atoms with Gasteiger partial charge in [0.05, 0.1) is 11.4 Å².